The van der Waals surface area contributed by atoms with Gasteiger partial charge in [0.15, 0.2) is 0 Å². The molecule has 1 aliphatic carbocycles. The molecule has 1 aliphatic rings. The van der Waals surface area contributed by atoms with Crippen LogP contribution in [-0.2, 0) is 18.4 Å². The lowest BCUT2D eigenvalue weighted by Gasteiger charge is -2.41. The summed E-state index contributed by atoms with van der Waals surface area (Å²) < 4.78 is 22.9. The number of phosphoric ester groups is 1. The molecule has 0 saturated heterocycles. The van der Waals surface area contributed by atoms with Crippen LogP contribution in [0.5, 0.6) is 0 Å². The lowest BCUT2D eigenvalue weighted by molar-refractivity contribution is -0.220. The molecular weight excluding hydrogens is 838 g/mol. The monoisotopic (exact) mass is 934 g/mol. The summed E-state index contributed by atoms with van der Waals surface area (Å²) in [6.07, 6.45) is 31.1. The zero-order valence-corrected chi connectivity index (χ0v) is 41.1. The Morgan fingerprint density at radius 1 is 0.547 bits per heavy atom. The van der Waals surface area contributed by atoms with Crippen molar-refractivity contribution in [2.24, 2.45) is 0 Å². The van der Waals surface area contributed by atoms with Crippen LogP contribution in [0.15, 0.2) is 24.3 Å². The van der Waals surface area contributed by atoms with E-state index >= 15 is 0 Å². The van der Waals surface area contributed by atoms with Crippen LogP contribution in [0.3, 0.4) is 0 Å². The number of aliphatic hydroxyl groups is 7. The predicted octanol–water partition coefficient (Wildman–Crippen LogP) is 9.54. The topological polar surface area (TPSA) is 226 Å². The van der Waals surface area contributed by atoms with E-state index in [-0.39, 0.29) is 6.42 Å². The van der Waals surface area contributed by atoms with Crippen molar-refractivity contribution in [2.75, 3.05) is 6.61 Å². The van der Waals surface area contributed by atoms with Crippen molar-refractivity contribution < 1.29 is 59.0 Å². The van der Waals surface area contributed by atoms with Crippen molar-refractivity contribution in [1.29, 1.82) is 0 Å². The molecule has 1 rings (SSSR count). The third kappa shape index (κ3) is 30.9. The molecule has 0 aromatic rings. The molecule has 8 unspecified atom stereocenters. The number of phosphoric acid groups is 1. The number of unbranched alkanes of at least 4 members (excludes halogenated alkanes) is 28. The number of allylic oxidation sites excluding steroid dienone is 3. The summed E-state index contributed by atoms with van der Waals surface area (Å²) in [5, 5.41) is 74.6. The zero-order valence-electron chi connectivity index (χ0n) is 40.2. The third-order valence-corrected chi connectivity index (χ3v) is 13.5. The van der Waals surface area contributed by atoms with Crippen LogP contribution in [-0.4, -0.2) is 108 Å². The predicted molar refractivity (Wildman–Crippen MR) is 257 cm³/mol. The van der Waals surface area contributed by atoms with Gasteiger partial charge in [-0.15, -0.1) is 0 Å². The van der Waals surface area contributed by atoms with E-state index in [4.69, 9.17) is 9.05 Å². The van der Waals surface area contributed by atoms with Crippen molar-refractivity contribution in [3.8, 4) is 0 Å². The molecule has 9 N–H and O–H groups in total. The molecule has 0 aliphatic heterocycles. The Bertz CT molecular complexity index is 1190. The van der Waals surface area contributed by atoms with E-state index in [0.29, 0.717) is 12.8 Å². The lowest BCUT2D eigenvalue weighted by Crippen LogP contribution is -2.64. The van der Waals surface area contributed by atoms with Gasteiger partial charge in [0.05, 0.1) is 31.3 Å². The molecular formula is C50H96NO12P. The minimum absolute atomic E-state index is 0.249. The highest BCUT2D eigenvalue weighted by molar-refractivity contribution is 7.47. The first-order valence-electron chi connectivity index (χ1n) is 25.9. The van der Waals surface area contributed by atoms with E-state index in [0.717, 1.165) is 64.2 Å². The van der Waals surface area contributed by atoms with Crippen LogP contribution >= 0.6 is 7.82 Å². The van der Waals surface area contributed by atoms with Gasteiger partial charge in [-0.25, -0.2) is 4.57 Å². The minimum Gasteiger partial charge on any atom is -0.393 e. The Hall–Kier alpha value is -1.22. The molecule has 0 bridgehead atoms. The Morgan fingerprint density at radius 2 is 0.906 bits per heavy atom. The maximum absolute atomic E-state index is 13.0. The second-order valence-electron chi connectivity index (χ2n) is 18.6. The maximum Gasteiger partial charge on any atom is 0.472 e. The summed E-state index contributed by atoms with van der Waals surface area (Å²) in [5.41, 5.74) is 0. The van der Waals surface area contributed by atoms with Crippen LogP contribution in [0, 0.1) is 0 Å². The normalized spacial score (nSPS) is 22.8. The van der Waals surface area contributed by atoms with E-state index in [1.54, 1.807) is 6.08 Å². The highest BCUT2D eigenvalue weighted by Gasteiger charge is 2.51. The number of aliphatic hydroxyl groups excluding tert-OH is 7. The van der Waals surface area contributed by atoms with Gasteiger partial charge in [-0.1, -0.05) is 199 Å². The number of rotatable bonds is 43. The van der Waals surface area contributed by atoms with E-state index in [1.807, 2.05) is 0 Å². The summed E-state index contributed by atoms with van der Waals surface area (Å²) in [5.74, 6) is -0.596. The van der Waals surface area contributed by atoms with Crippen LogP contribution in [0.1, 0.15) is 226 Å². The van der Waals surface area contributed by atoms with Crippen molar-refractivity contribution in [2.45, 2.75) is 281 Å². The van der Waals surface area contributed by atoms with Gasteiger partial charge in [-0.3, -0.25) is 13.8 Å². The minimum atomic E-state index is -5.14. The van der Waals surface area contributed by atoms with Gasteiger partial charge >= 0.3 is 7.82 Å². The van der Waals surface area contributed by atoms with Gasteiger partial charge in [-0.2, -0.15) is 0 Å². The van der Waals surface area contributed by atoms with Gasteiger partial charge in [-0.05, 0) is 44.9 Å². The third-order valence-electron chi connectivity index (χ3n) is 12.5. The van der Waals surface area contributed by atoms with Crippen molar-refractivity contribution in [1.82, 2.24) is 5.32 Å². The average molecular weight is 934 g/mol. The van der Waals surface area contributed by atoms with Gasteiger partial charge in [0.1, 0.15) is 36.6 Å². The van der Waals surface area contributed by atoms with Crippen molar-refractivity contribution >= 4 is 13.7 Å². The van der Waals surface area contributed by atoms with E-state index in [9.17, 15) is 50.0 Å². The lowest BCUT2D eigenvalue weighted by atomic mass is 9.85. The highest BCUT2D eigenvalue weighted by Crippen LogP contribution is 2.47. The number of carbonyl (C=O) groups excluding carboxylic acids is 1. The van der Waals surface area contributed by atoms with E-state index in [1.165, 1.54) is 134 Å². The van der Waals surface area contributed by atoms with E-state index < -0.39 is 75.2 Å². The molecule has 8 atom stereocenters. The van der Waals surface area contributed by atoms with Crippen LogP contribution in [0.4, 0.5) is 0 Å². The smallest absolute Gasteiger partial charge is 0.393 e. The highest BCUT2D eigenvalue weighted by atomic mass is 31.2. The van der Waals surface area contributed by atoms with E-state index in [2.05, 4.69) is 31.3 Å². The molecule has 1 fully saturated rings. The molecule has 0 heterocycles. The van der Waals surface area contributed by atoms with Gasteiger partial charge < -0.3 is 46.0 Å². The first-order chi connectivity index (χ1) is 30.8. The molecule has 0 radical (unpaired) electrons. The van der Waals surface area contributed by atoms with Crippen LogP contribution < -0.4 is 5.32 Å². The zero-order chi connectivity index (χ0) is 47.3. The number of amides is 1. The summed E-state index contributed by atoms with van der Waals surface area (Å²) >= 11 is 0. The quantitative estimate of drug-likeness (QED) is 0.0158. The molecule has 378 valence electrons. The summed E-state index contributed by atoms with van der Waals surface area (Å²) in [6, 6.07) is -1.24. The van der Waals surface area contributed by atoms with Gasteiger partial charge in [0.2, 0.25) is 5.91 Å². The standard InChI is InChI=1S/C50H96NO12P/c1-3-5-7-9-11-13-15-17-19-20-21-22-24-26-28-30-32-34-36-38-43(53)42(40-62-64(60,61)63-50-48(58)46(56)45(55)47(57)49(50)59)51-44(54)39-41(52)37-35-33-31-29-27-25-23-18-16-14-12-10-8-6-4-2/h18,23,36,38,41-43,45-50,52-53,55-59H,3-17,19-22,24-35,37,39-40H2,1-2H3,(H,51,54)(H,60,61)/b23-18-,38-36+. The fourth-order valence-corrected chi connectivity index (χ4v) is 9.26. The number of carbonyl (C=O) groups is 1. The Labute approximate surface area is 388 Å². The number of hydrogen-bond donors (Lipinski definition) is 9. The second-order valence-corrected chi connectivity index (χ2v) is 20.0. The Morgan fingerprint density at radius 3 is 1.33 bits per heavy atom. The molecule has 14 heteroatoms. The van der Waals surface area contributed by atoms with Crippen LogP contribution in [0.25, 0.3) is 0 Å². The number of hydrogen-bond acceptors (Lipinski definition) is 11. The molecule has 13 nitrogen and oxygen atoms in total. The van der Waals surface area contributed by atoms with Crippen LogP contribution in [0.2, 0.25) is 0 Å². The van der Waals surface area contributed by atoms with Crippen molar-refractivity contribution in [3.05, 3.63) is 24.3 Å². The number of nitrogens with one attached hydrogen (secondary N) is 1. The molecule has 0 spiro atoms. The Balaban J connectivity index is 2.50. The second kappa shape index (κ2) is 39.7. The molecule has 0 aromatic heterocycles. The molecule has 1 amide bonds. The fourth-order valence-electron chi connectivity index (χ4n) is 8.30. The SMILES string of the molecule is CCCCCCCC/C=C\CCCCCCCC(O)CC(=O)NC(COP(=O)(O)OC1C(O)C(O)C(O)C(O)C1O)C(O)/C=C/CCCCCCCCCCCCCCCCCCC. The first kappa shape index (κ1) is 60.8. The van der Waals surface area contributed by atoms with Gasteiger partial charge in [0, 0.05) is 0 Å². The molecule has 1 saturated carbocycles. The Kier molecular flexibility index (Phi) is 37.8. The summed E-state index contributed by atoms with van der Waals surface area (Å²) in [4.78, 5) is 23.5. The van der Waals surface area contributed by atoms with Crippen molar-refractivity contribution in [3.63, 3.8) is 0 Å². The summed E-state index contributed by atoms with van der Waals surface area (Å²) in [6.45, 7) is 3.76. The largest absolute Gasteiger partial charge is 0.472 e. The maximum atomic E-state index is 13.0. The van der Waals surface area contributed by atoms with Gasteiger partial charge in [0.25, 0.3) is 0 Å². The summed E-state index contributed by atoms with van der Waals surface area (Å²) in [7, 11) is -5.14. The molecule has 0 aromatic carbocycles. The first-order valence-corrected chi connectivity index (χ1v) is 27.4. The molecule has 64 heavy (non-hydrogen) atoms. The average Bonchev–Trinajstić information content (AvgIpc) is 3.27. The fraction of sp³-hybridized carbons (Fsp3) is 0.900.